The smallest absolute Gasteiger partial charge is 0.245 e. The van der Waals surface area contributed by atoms with E-state index in [-0.39, 0.29) is 17.2 Å². The minimum Gasteiger partial charge on any atom is -0.344 e. The molecule has 0 bridgehead atoms. The largest absolute Gasteiger partial charge is 0.344 e. The van der Waals surface area contributed by atoms with E-state index in [1.165, 1.54) is 19.3 Å². The Labute approximate surface area is 128 Å². The van der Waals surface area contributed by atoms with Crippen LogP contribution in [0, 0.1) is 11.3 Å². The second-order valence-corrected chi connectivity index (χ2v) is 7.67. The quantitative estimate of drug-likeness (QED) is 0.851. The van der Waals surface area contributed by atoms with Crippen molar-refractivity contribution in [2.45, 2.75) is 78.3 Å². The van der Waals surface area contributed by atoms with Crippen LogP contribution in [0.4, 0.5) is 0 Å². The van der Waals surface area contributed by atoms with Gasteiger partial charge in [0.25, 0.3) is 0 Å². The maximum atomic E-state index is 13.0. The van der Waals surface area contributed by atoms with E-state index in [2.05, 4.69) is 12.2 Å². The monoisotopic (exact) mass is 294 g/mol. The highest BCUT2D eigenvalue weighted by atomic mass is 16.2. The molecular weight excluding hydrogens is 264 g/mol. The Morgan fingerprint density at radius 1 is 1.19 bits per heavy atom. The summed E-state index contributed by atoms with van der Waals surface area (Å²) >= 11 is 0. The Bertz CT molecular complexity index is 400. The van der Waals surface area contributed by atoms with Gasteiger partial charge in [0.05, 0.1) is 0 Å². The van der Waals surface area contributed by atoms with Crippen LogP contribution in [0.3, 0.4) is 0 Å². The molecular formula is C17H30N2O2. The average Bonchev–Trinajstić information content (AvgIpc) is 2.58. The summed E-state index contributed by atoms with van der Waals surface area (Å²) < 4.78 is 0. The van der Waals surface area contributed by atoms with Crippen LogP contribution in [0.25, 0.3) is 0 Å². The molecule has 1 N–H and O–H groups in total. The van der Waals surface area contributed by atoms with Crippen LogP contribution < -0.4 is 5.32 Å². The van der Waals surface area contributed by atoms with Gasteiger partial charge in [-0.15, -0.1) is 0 Å². The van der Waals surface area contributed by atoms with Gasteiger partial charge in [-0.05, 0) is 24.2 Å². The first-order chi connectivity index (χ1) is 9.84. The number of carbonyl (C=O) groups excluding carboxylic acids is 2. The molecule has 0 spiro atoms. The number of nitrogens with zero attached hydrogens (tertiary/aromatic N) is 1. The molecule has 2 aliphatic rings. The van der Waals surface area contributed by atoms with E-state index in [1.54, 1.807) is 0 Å². The zero-order valence-electron chi connectivity index (χ0n) is 13.9. The third kappa shape index (κ3) is 3.58. The summed E-state index contributed by atoms with van der Waals surface area (Å²) in [5.41, 5.74) is -0.244. The van der Waals surface area contributed by atoms with E-state index in [0.717, 1.165) is 12.8 Å². The normalized spacial score (nSPS) is 31.8. The summed E-state index contributed by atoms with van der Waals surface area (Å²) in [4.78, 5) is 27.0. The molecule has 2 rings (SSSR count). The van der Waals surface area contributed by atoms with Gasteiger partial charge < -0.3 is 10.2 Å². The first-order valence-electron chi connectivity index (χ1n) is 8.44. The van der Waals surface area contributed by atoms with Crippen LogP contribution in [0.5, 0.6) is 0 Å². The van der Waals surface area contributed by atoms with Crippen molar-refractivity contribution in [3.05, 3.63) is 0 Å². The van der Waals surface area contributed by atoms with Gasteiger partial charge in [0.1, 0.15) is 6.04 Å². The number of nitrogens with one attached hydrogen (secondary N) is 1. The van der Waals surface area contributed by atoms with E-state index in [1.807, 2.05) is 25.7 Å². The molecule has 4 nitrogen and oxygen atoms in total. The molecule has 3 unspecified atom stereocenters. The van der Waals surface area contributed by atoms with Crippen molar-refractivity contribution < 1.29 is 9.59 Å². The van der Waals surface area contributed by atoms with Gasteiger partial charge in [-0.25, -0.2) is 0 Å². The van der Waals surface area contributed by atoms with Crippen molar-refractivity contribution in [2.24, 2.45) is 11.3 Å². The predicted octanol–water partition coefficient (Wildman–Crippen LogP) is 2.72. The molecule has 120 valence electrons. The zero-order chi connectivity index (χ0) is 15.6. The first kappa shape index (κ1) is 16.3. The maximum Gasteiger partial charge on any atom is 0.245 e. The number of carbonyl (C=O) groups is 2. The summed E-state index contributed by atoms with van der Waals surface area (Å²) in [6.07, 6.45) is 6.34. The van der Waals surface area contributed by atoms with Crippen LogP contribution in [-0.2, 0) is 9.59 Å². The standard InChI is InChI=1S/C17H30N2O2/c1-5-12-8-6-7-9-13(12)19-11-10-14(20)18-15(16(19)21)17(2,3)4/h12-13,15H,5-11H2,1-4H3,(H,18,20). The highest BCUT2D eigenvalue weighted by Crippen LogP contribution is 2.33. The highest BCUT2D eigenvalue weighted by molar-refractivity contribution is 5.90. The van der Waals surface area contributed by atoms with Gasteiger partial charge in [0.15, 0.2) is 0 Å². The van der Waals surface area contributed by atoms with E-state index in [0.29, 0.717) is 24.9 Å². The summed E-state index contributed by atoms with van der Waals surface area (Å²) in [7, 11) is 0. The van der Waals surface area contributed by atoms with Crippen molar-refractivity contribution in [2.75, 3.05) is 6.54 Å². The molecule has 2 amide bonds. The first-order valence-corrected chi connectivity index (χ1v) is 8.44. The Hall–Kier alpha value is -1.06. The Morgan fingerprint density at radius 3 is 2.48 bits per heavy atom. The summed E-state index contributed by atoms with van der Waals surface area (Å²) in [6, 6.07) is -0.0688. The van der Waals surface area contributed by atoms with Gasteiger partial charge in [-0.1, -0.05) is 47.0 Å². The molecule has 1 saturated carbocycles. The van der Waals surface area contributed by atoms with Crippen molar-refractivity contribution in [1.82, 2.24) is 10.2 Å². The third-order valence-electron chi connectivity index (χ3n) is 5.07. The number of hydrogen-bond donors (Lipinski definition) is 1. The van der Waals surface area contributed by atoms with Crippen LogP contribution in [-0.4, -0.2) is 35.3 Å². The van der Waals surface area contributed by atoms with Crippen molar-refractivity contribution in [3.8, 4) is 0 Å². The van der Waals surface area contributed by atoms with Gasteiger partial charge in [0.2, 0.25) is 11.8 Å². The van der Waals surface area contributed by atoms with Crippen LogP contribution in [0.1, 0.15) is 66.2 Å². The Balaban J connectivity index is 2.24. The molecule has 0 aromatic rings. The third-order valence-corrected chi connectivity index (χ3v) is 5.07. The van der Waals surface area contributed by atoms with Crippen molar-refractivity contribution in [3.63, 3.8) is 0 Å². The number of amides is 2. The van der Waals surface area contributed by atoms with Gasteiger partial charge in [-0.2, -0.15) is 0 Å². The minimum atomic E-state index is -0.396. The molecule has 0 aromatic heterocycles. The average molecular weight is 294 g/mol. The molecule has 21 heavy (non-hydrogen) atoms. The maximum absolute atomic E-state index is 13.0. The number of hydrogen-bond acceptors (Lipinski definition) is 2. The molecule has 0 aromatic carbocycles. The van der Waals surface area contributed by atoms with Crippen LogP contribution in [0.15, 0.2) is 0 Å². The molecule has 1 aliphatic heterocycles. The highest BCUT2D eigenvalue weighted by Gasteiger charge is 2.41. The fraction of sp³-hybridized carbons (Fsp3) is 0.882. The van der Waals surface area contributed by atoms with E-state index in [9.17, 15) is 9.59 Å². The molecule has 4 heteroatoms. The topological polar surface area (TPSA) is 49.4 Å². The fourth-order valence-corrected chi connectivity index (χ4v) is 3.78. The summed E-state index contributed by atoms with van der Waals surface area (Å²) in [5.74, 6) is 0.727. The van der Waals surface area contributed by atoms with Crippen molar-refractivity contribution >= 4 is 11.8 Å². The van der Waals surface area contributed by atoms with Gasteiger partial charge >= 0.3 is 0 Å². The molecule has 1 heterocycles. The molecule has 1 saturated heterocycles. The number of rotatable bonds is 2. The lowest BCUT2D eigenvalue weighted by Gasteiger charge is -2.41. The van der Waals surface area contributed by atoms with E-state index >= 15 is 0 Å². The molecule has 3 atom stereocenters. The van der Waals surface area contributed by atoms with E-state index < -0.39 is 6.04 Å². The predicted molar refractivity (Wildman–Crippen MR) is 83.8 cm³/mol. The van der Waals surface area contributed by atoms with Gasteiger partial charge in [-0.3, -0.25) is 9.59 Å². The lowest BCUT2D eigenvalue weighted by molar-refractivity contribution is -0.140. The van der Waals surface area contributed by atoms with Gasteiger partial charge in [0, 0.05) is 19.0 Å². The van der Waals surface area contributed by atoms with E-state index in [4.69, 9.17) is 0 Å². The zero-order valence-corrected chi connectivity index (χ0v) is 13.9. The molecule has 0 radical (unpaired) electrons. The summed E-state index contributed by atoms with van der Waals surface area (Å²) in [5, 5.41) is 2.94. The Kier molecular flexibility index (Phi) is 4.95. The fourth-order valence-electron chi connectivity index (χ4n) is 3.78. The molecule has 1 aliphatic carbocycles. The Morgan fingerprint density at radius 2 is 1.86 bits per heavy atom. The van der Waals surface area contributed by atoms with Crippen LogP contribution in [0.2, 0.25) is 0 Å². The summed E-state index contributed by atoms with van der Waals surface area (Å²) in [6.45, 7) is 8.88. The minimum absolute atomic E-state index is 0.00892. The van der Waals surface area contributed by atoms with Crippen molar-refractivity contribution in [1.29, 1.82) is 0 Å². The lowest BCUT2D eigenvalue weighted by Crippen LogP contribution is -2.55. The second kappa shape index (κ2) is 6.37. The molecule has 2 fully saturated rings. The van der Waals surface area contributed by atoms with Crippen LogP contribution >= 0.6 is 0 Å². The SMILES string of the molecule is CCC1CCCCC1N1CCC(=O)NC(C(C)(C)C)C1=O. The second-order valence-electron chi connectivity index (χ2n) is 7.67. The lowest BCUT2D eigenvalue weighted by atomic mass is 9.80.